The number of pyridine rings is 1. The second-order valence-corrected chi connectivity index (χ2v) is 5.20. The molecule has 0 unspecified atom stereocenters. The van der Waals surface area contributed by atoms with Gasteiger partial charge in [0.25, 0.3) is 0 Å². The lowest BCUT2D eigenvalue weighted by Crippen LogP contribution is -2.12. The third kappa shape index (κ3) is 4.40. The van der Waals surface area contributed by atoms with Crippen LogP contribution >= 0.6 is 11.6 Å². The normalized spacial score (nSPS) is 11.6. The molecule has 0 bridgehead atoms. The number of aromatic nitrogens is 1. The number of benzene rings is 1. The number of carbonyl (C=O) groups excluding carboxylic acids is 1. The summed E-state index contributed by atoms with van der Waals surface area (Å²) in [5, 5.41) is 9.87. The summed E-state index contributed by atoms with van der Waals surface area (Å²) in [7, 11) is 0. The first-order valence-electron chi connectivity index (χ1n) is 6.78. The lowest BCUT2D eigenvalue weighted by Gasteiger charge is -2.07. The molecule has 1 aromatic carbocycles. The van der Waals surface area contributed by atoms with E-state index in [0.29, 0.717) is 23.6 Å². The van der Waals surface area contributed by atoms with Crippen molar-refractivity contribution < 1.29 is 4.79 Å². The number of hydrogen-bond donors (Lipinski definition) is 0. The van der Waals surface area contributed by atoms with Gasteiger partial charge in [-0.05, 0) is 42.7 Å². The smallest absolute Gasteiger partial charge is 0.156 e. The van der Waals surface area contributed by atoms with Crippen LogP contribution in [0.4, 0.5) is 0 Å². The predicted molar refractivity (Wildman–Crippen MR) is 82.0 cm³/mol. The monoisotopic (exact) mass is 298 g/mol. The van der Waals surface area contributed by atoms with Crippen molar-refractivity contribution >= 4 is 17.4 Å². The summed E-state index contributed by atoms with van der Waals surface area (Å²) in [5.74, 6) is -0.846. The molecule has 106 valence electrons. The summed E-state index contributed by atoms with van der Waals surface area (Å²) in [6.07, 6.45) is 3.48. The summed E-state index contributed by atoms with van der Waals surface area (Å²) < 4.78 is 0. The van der Waals surface area contributed by atoms with E-state index in [2.05, 4.69) is 4.98 Å². The topological polar surface area (TPSA) is 53.8 Å². The second kappa shape index (κ2) is 7.56. The largest absolute Gasteiger partial charge is 0.298 e. The van der Waals surface area contributed by atoms with Crippen molar-refractivity contribution in [1.29, 1.82) is 5.26 Å². The number of nitriles is 1. The molecule has 1 atom stereocenters. The quantitative estimate of drug-likeness (QED) is 0.812. The van der Waals surface area contributed by atoms with Crippen molar-refractivity contribution in [3.63, 3.8) is 0 Å². The zero-order chi connectivity index (χ0) is 15.1. The number of ketones is 1. The van der Waals surface area contributed by atoms with Crippen LogP contribution in [0.3, 0.4) is 0 Å². The van der Waals surface area contributed by atoms with E-state index in [1.807, 2.05) is 30.3 Å². The number of carbonyl (C=O) groups is 1. The van der Waals surface area contributed by atoms with Gasteiger partial charge in [0.2, 0.25) is 0 Å². The average molecular weight is 299 g/mol. The van der Waals surface area contributed by atoms with Crippen molar-refractivity contribution in [2.45, 2.75) is 25.2 Å². The summed E-state index contributed by atoms with van der Waals surface area (Å²) >= 11 is 5.83. The van der Waals surface area contributed by atoms with Crippen LogP contribution in [0.1, 0.15) is 30.0 Å². The van der Waals surface area contributed by atoms with Crippen molar-refractivity contribution in [3.05, 3.63) is 64.9 Å². The van der Waals surface area contributed by atoms with Gasteiger partial charge in [-0.1, -0.05) is 29.8 Å². The Bertz CT molecular complexity index is 632. The fourth-order valence-electron chi connectivity index (χ4n) is 2.11. The highest BCUT2D eigenvalue weighted by atomic mass is 35.5. The molecule has 0 amide bonds. The molecule has 0 spiro atoms. The lowest BCUT2D eigenvalue weighted by atomic mass is 9.96. The van der Waals surface area contributed by atoms with Gasteiger partial charge in [-0.15, -0.1) is 0 Å². The molecule has 0 saturated carbocycles. The van der Waals surface area contributed by atoms with E-state index in [4.69, 9.17) is 11.6 Å². The van der Waals surface area contributed by atoms with Gasteiger partial charge < -0.3 is 0 Å². The summed E-state index contributed by atoms with van der Waals surface area (Å²) in [5.41, 5.74) is 1.66. The highest BCUT2D eigenvalue weighted by Crippen LogP contribution is 2.17. The minimum Gasteiger partial charge on any atom is -0.298 e. The summed E-state index contributed by atoms with van der Waals surface area (Å²) in [6, 6.07) is 14.9. The molecule has 0 saturated heterocycles. The summed E-state index contributed by atoms with van der Waals surface area (Å²) in [4.78, 5) is 16.2. The third-order valence-corrected chi connectivity index (χ3v) is 3.49. The Hall–Kier alpha value is -2.18. The molecule has 21 heavy (non-hydrogen) atoms. The molecule has 2 aromatic rings. The molecule has 4 heteroatoms. The molecular formula is C17H15ClN2O. The maximum atomic E-state index is 12.1. The Morgan fingerprint density at radius 1 is 1.24 bits per heavy atom. The lowest BCUT2D eigenvalue weighted by molar-refractivity contribution is -0.119. The molecule has 1 heterocycles. The van der Waals surface area contributed by atoms with Crippen molar-refractivity contribution in [1.82, 2.24) is 4.98 Å². The molecule has 2 rings (SSSR count). The molecule has 0 aliphatic carbocycles. The Kier molecular flexibility index (Phi) is 5.48. The molecule has 0 radical (unpaired) electrons. The first kappa shape index (κ1) is 15.2. The van der Waals surface area contributed by atoms with Crippen LogP contribution in [-0.4, -0.2) is 10.8 Å². The standard InChI is InChI=1S/C17H15ClN2O/c18-14-9-7-13(8-10-14)4-3-6-17(21)15(12-19)16-5-1-2-11-20-16/h1-2,5,7-11,15H,3-4,6H2/t15-/m1/s1. The Morgan fingerprint density at radius 2 is 2.00 bits per heavy atom. The Balaban J connectivity index is 1.89. The fourth-order valence-corrected chi connectivity index (χ4v) is 2.24. The molecule has 1 aromatic heterocycles. The van der Waals surface area contributed by atoms with Crippen molar-refractivity contribution in [2.24, 2.45) is 0 Å². The Morgan fingerprint density at radius 3 is 2.62 bits per heavy atom. The van der Waals surface area contributed by atoms with Crippen molar-refractivity contribution in [3.8, 4) is 6.07 Å². The minimum atomic E-state index is -0.767. The first-order chi connectivity index (χ1) is 10.2. The van der Waals surface area contributed by atoms with Gasteiger partial charge in [0.1, 0.15) is 5.92 Å². The molecule has 0 aliphatic heterocycles. The van der Waals surface area contributed by atoms with E-state index in [1.54, 1.807) is 24.4 Å². The van der Waals surface area contributed by atoms with Crippen molar-refractivity contribution in [2.75, 3.05) is 0 Å². The molecular weight excluding hydrogens is 284 g/mol. The van der Waals surface area contributed by atoms with Crippen LogP contribution in [0, 0.1) is 11.3 Å². The number of rotatable bonds is 6. The van der Waals surface area contributed by atoms with Gasteiger partial charge in [-0.3, -0.25) is 9.78 Å². The van der Waals surface area contributed by atoms with E-state index < -0.39 is 5.92 Å². The Labute approximate surface area is 129 Å². The number of halogens is 1. The highest BCUT2D eigenvalue weighted by molar-refractivity contribution is 6.30. The maximum absolute atomic E-state index is 12.1. The predicted octanol–water partition coefficient (Wildman–Crippen LogP) is 3.93. The van der Waals surface area contributed by atoms with Crippen LogP contribution in [0.5, 0.6) is 0 Å². The molecule has 0 fully saturated rings. The van der Waals surface area contributed by atoms with Gasteiger partial charge in [0.15, 0.2) is 5.78 Å². The maximum Gasteiger partial charge on any atom is 0.156 e. The SMILES string of the molecule is N#C[C@@H](C(=O)CCCc1ccc(Cl)cc1)c1ccccn1. The zero-order valence-corrected chi connectivity index (χ0v) is 12.3. The van der Waals surface area contributed by atoms with Gasteiger partial charge in [-0.2, -0.15) is 5.26 Å². The minimum absolute atomic E-state index is 0.0786. The van der Waals surface area contributed by atoms with Crippen LogP contribution in [0.2, 0.25) is 5.02 Å². The average Bonchev–Trinajstić information content (AvgIpc) is 2.51. The number of hydrogen-bond acceptors (Lipinski definition) is 3. The molecule has 0 N–H and O–H groups in total. The van der Waals surface area contributed by atoms with E-state index in [9.17, 15) is 10.1 Å². The molecule has 3 nitrogen and oxygen atoms in total. The van der Waals surface area contributed by atoms with Crippen LogP contribution in [-0.2, 0) is 11.2 Å². The van der Waals surface area contributed by atoms with E-state index in [0.717, 1.165) is 12.0 Å². The van der Waals surface area contributed by atoms with Gasteiger partial charge >= 0.3 is 0 Å². The number of Topliss-reactive ketones (excluding diaryl/α,β-unsaturated/α-hetero) is 1. The van der Waals surface area contributed by atoms with Gasteiger partial charge in [-0.25, -0.2) is 0 Å². The van der Waals surface area contributed by atoms with E-state index in [-0.39, 0.29) is 5.78 Å². The molecule has 0 aliphatic rings. The fraction of sp³-hybridized carbons (Fsp3) is 0.235. The van der Waals surface area contributed by atoms with Crippen LogP contribution < -0.4 is 0 Å². The third-order valence-electron chi connectivity index (χ3n) is 3.24. The number of aryl methyl sites for hydroxylation is 1. The first-order valence-corrected chi connectivity index (χ1v) is 7.16. The van der Waals surface area contributed by atoms with Crippen LogP contribution in [0.25, 0.3) is 0 Å². The van der Waals surface area contributed by atoms with E-state index in [1.165, 1.54) is 0 Å². The highest BCUT2D eigenvalue weighted by Gasteiger charge is 2.20. The van der Waals surface area contributed by atoms with Crippen LogP contribution in [0.15, 0.2) is 48.7 Å². The number of nitrogens with zero attached hydrogens (tertiary/aromatic N) is 2. The van der Waals surface area contributed by atoms with Gasteiger partial charge in [0.05, 0.1) is 11.8 Å². The van der Waals surface area contributed by atoms with Gasteiger partial charge in [0, 0.05) is 17.6 Å². The summed E-state index contributed by atoms with van der Waals surface area (Å²) in [6.45, 7) is 0. The second-order valence-electron chi connectivity index (χ2n) is 4.76. The van der Waals surface area contributed by atoms with E-state index >= 15 is 0 Å². The zero-order valence-electron chi connectivity index (χ0n) is 11.5.